The standard InChI is InChI=1S/C16H14Cl2N2OS/c1-2-21-12-5-6-14-15(8-12)22-16(20-14)19-9-10-3-4-11(17)7-13(10)18/h3-8H,2,9H2,1H3,(H,19,20). The average molecular weight is 353 g/mol. The number of aromatic nitrogens is 1. The summed E-state index contributed by atoms with van der Waals surface area (Å²) < 4.78 is 6.60. The van der Waals surface area contributed by atoms with Gasteiger partial charge >= 0.3 is 0 Å². The van der Waals surface area contributed by atoms with Crippen LogP contribution >= 0.6 is 34.5 Å². The first kappa shape index (κ1) is 15.4. The van der Waals surface area contributed by atoms with Crippen LogP contribution in [-0.4, -0.2) is 11.6 Å². The van der Waals surface area contributed by atoms with Crippen molar-refractivity contribution in [3.05, 3.63) is 52.0 Å². The Morgan fingerprint density at radius 1 is 1.18 bits per heavy atom. The van der Waals surface area contributed by atoms with Gasteiger partial charge in [-0.1, -0.05) is 40.6 Å². The fraction of sp³-hybridized carbons (Fsp3) is 0.188. The number of ether oxygens (including phenoxy) is 1. The minimum atomic E-state index is 0.605. The Bertz CT molecular complexity index is 804. The van der Waals surface area contributed by atoms with Crippen molar-refractivity contribution in [1.82, 2.24) is 4.98 Å². The molecular formula is C16H14Cl2N2OS. The molecule has 0 fully saturated rings. The SMILES string of the molecule is CCOc1ccc2nc(NCc3ccc(Cl)cc3Cl)sc2c1. The molecule has 1 aromatic heterocycles. The Hall–Kier alpha value is -1.49. The predicted octanol–water partition coefficient (Wildman–Crippen LogP) is 5.61. The number of hydrogen-bond acceptors (Lipinski definition) is 4. The maximum atomic E-state index is 6.17. The average Bonchev–Trinajstić information content (AvgIpc) is 2.89. The van der Waals surface area contributed by atoms with E-state index in [0.717, 1.165) is 26.7 Å². The van der Waals surface area contributed by atoms with E-state index in [-0.39, 0.29) is 0 Å². The highest BCUT2D eigenvalue weighted by molar-refractivity contribution is 7.22. The summed E-state index contributed by atoms with van der Waals surface area (Å²) in [5.41, 5.74) is 1.94. The van der Waals surface area contributed by atoms with Crippen LogP contribution in [0.2, 0.25) is 10.0 Å². The van der Waals surface area contributed by atoms with Crippen molar-refractivity contribution < 1.29 is 4.74 Å². The van der Waals surface area contributed by atoms with E-state index in [9.17, 15) is 0 Å². The number of benzene rings is 2. The number of nitrogens with zero attached hydrogens (tertiary/aromatic N) is 1. The fourth-order valence-corrected chi connectivity index (χ4v) is 3.44. The molecule has 3 rings (SSSR count). The summed E-state index contributed by atoms with van der Waals surface area (Å²) in [6.07, 6.45) is 0. The summed E-state index contributed by atoms with van der Waals surface area (Å²) in [7, 11) is 0. The van der Waals surface area contributed by atoms with E-state index in [0.29, 0.717) is 23.2 Å². The van der Waals surface area contributed by atoms with Gasteiger partial charge in [-0.3, -0.25) is 0 Å². The number of rotatable bonds is 5. The number of anilines is 1. The fourth-order valence-electron chi connectivity index (χ4n) is 2.07. The molecule has 114 valence electrons. The van der Waals surface area contributed by atoms with Gasteiger partial charge in [0.15, 0.2) is 5.13 Å². The highest BCUT2D eigenvalue weighted by Crippen LogP contribution is 2.30. The lowest BCUT2D eigenvalue weighted by atomic mass is 10.2. The molecule has 0 unspecified atom stereocenters. The lowest BCUT2D eigenvalue weighted by Gasteiger charge is -2.05. The minimum Gasteiger partial charge on any atom is -0.494 e. The van der Waals surface area contributed by atoms with Gasteiger partial charge in [0.25, 0.3) is 0 Å². The van der Waals surface area contributed by atoms with Crippen LogP contribution in [0.25, 0.3) is 10.2 Å². The zero-order valence-corrected chi connectivity index (χ0v) is 14.2. The van der Waals surface area contributed by atoms with Gasteiger partial charge in [-0.15, -0.1) is 0 Å². The summed E-state index contributed by atoms with van der Waals surface area (Å²) in [4.78, 5) is 4.56. The van der Waals surface area contributed by atoms with Crippen LogP contribution in [0.5, 0.6) is 5.75 Å². The summed E-state index contributed by atoms with van der Waals surface area (Å²) in [5.74, 6) is 0.867. The first-order valence-electron chi connectivity index (χ1n) is 6.87. The van der Waals surface area contributed by atoms with Gasteiger partial charge in [-0.25, -0.2) is 4.98 Å². The van der Waals surface area contributed by atoms with Gasteiger partial charge in [0.1, 0.15) is 5.75 Å². The van der Waals surface area contributed by atoms with Crippen LogP contribution in [0.1, 0.15) is 12.5 Å². The van der Waals surface area contributed by atoms with E-state index in [1.807, 2.05) is 37.3 Å². The Kier molecular flexibility index (Phi) is 4.71. The third kappa shape index (κ3) is 3.46. The number of nitrogens with one attached hydrogen (secondary N) is 1. The van der Waals surface area contributed by atoms with Crippen molar-refractivity contribution in [2.24, 2.45) is 0 Å². The lowest BCUT2D eigenvalue weighted by molar-refractivity contribution is 0.341. The first-order chi connectivity index (χ1) is 10.7. The summed E-state index contributed by atoms with van der Waals surface area (Å²) in [6, 6.07) is 11.4. The van der Waals surface area contributed by atoms with Gasteiger partial charge in [-0.05, 0) is 42.8 Å². The monoisotopic (exact) mass is 352 g/mol. The van der Waals surface area contributed by atoms with Gasteiger partial charge in [0, 0.05) is 16.6 Å². The number of thiazole rings is 1. The van der Waals surface area contributed by atoms with Crippen molar-refractivity contribution in [3.8, 4) is 5.75 Å². The van der Waals surface area contributed by atoms with E-state index < -0.39 is 0 Å². The lowest BCUT2D eigenvalue weighted by Crippen LogP contribution is -1.99. The molecule has 0 aliphatic heterocycles. The zero-order chi connectivity index (χ0) is 15.5. The van der Waals surface area contributed by atoms with Crippen molar-refractivity contribution in [2.75, 3.05) is 11.9 Å². The highest BCUT2D eigenvalue weighted by Gasteiger charge is 2.06. The molecule has 3 aromatic rings. The molecule has 0 saturated heterocycles. The Morgan fingerprint density at radius 3 is 2.82 bits per heavy atom. The molecule has 1 N–H and O–H groups in total. The Morgan fingerprint density at radius 2 is 2.05 bits per heavy atom. The molecule has 0 aliphatic carbocycles. The smallest absolute Gasteiger partial charge is 0.184 e. The molecule has 3 nitrogen and oxygen atoms in total. The molecule has 0 atom stereocenters. The molecule has 0 radical (unpaired) electrons. The maximum Gasteiger partial charge on any atom is 0.184 e. The minimum absolute atomic E-state index is 0.605. The van der Waals surface area contributed by atoms with Crippen LogP contribution in [0, 0.1) is 0 Å². The van der Waals surface area contributed by atoms with Crippen LogP contribution < -0.4 is 10.1 Å². The van der Waals surface area contributed by atoms with Crippen molar-refractivity contribution >= 4 is 49.9 Å². The summed E-state index contributed by atoms with van der Waals surface area (Å²) in [6.45, 7) is 3.23. The molecule has 1 heterocycles. The molecule has 6 heteroatoms. The molecule has 2 aromatic carbocycles. The number of hydrogen-bond donors (Lipinski definition) is 1. The number of halogens is 2. The van der Waals surface area contributed by atoms with Crippen molar-refractivity contribution in [3.63, 3.8) is 0 Å². The Labute approximate surface area is 142 Å². The van der Waals surface area contributed by atoms with Gasteiger partial charge in [0.05, 0.1) is 16.8 Å². The molecule has 0 spiro atoms. The third-order valence-corrected chi connectivity index (χ3v) is 4.68. The quantitative estimate of drug-likeness (QED) is 0.647. The maximum absolute atomic E-state index is 6.17. The van der Waals surface area contributed by atoms with Crippen LogP contribution in [-0.2, 0) is 6.54 Å². The molecule has 0 amide bonds. The van der Waals surface area contributed by atoms with E-state index in [2.05, 4.69) is 10.3 Å². The van der Waals surface area contributed by atoms with E-state index in [4.69, 9.17) is 27.9 Å². The van der Waals surface area contributed by atoms with E-state index >= 15 is 0 Å². The third-order valence-electron chi connectivity index (χ3n) is 3.12. The second-order valence-corrected chi connectivity index (χ2v) is 6.55. The van der Waals surface area contributed by atoms with Gasteiger partial charge in [0.2, 0.25) is 0 Å². The predicted molar refractivity (Wildman–Crippen MR) is 94.6 cm³/mol. The highest BCUT2D eigenvalue weighted by atomic mass is 35.5. The van der Waals surface area contributed by atoms with Crippen molar-refractivity contribution in [2.45, 2.75) is 13.5 Å². The molecule has 0 saturated carbocycles. The molecule has 0 aliphatic rings. The second-order valence-electron chi connectivity index (χ2n) is 4.67. The van der Waals surface area contributed by atoms with Crippen LogP contribution in [0.15, 0.2) is 36.4 Å². The summed E-state index contributed by atoms with van der Waals surface area (Å²) in [5, 5.41) is 5.45. The van der Waals surface area contributed by atoms with Gasteiger partial charge in [-0.2, -0.15) is 0 Å². The molecular weight excluding hydrogens is 339 g/mol. The van der Waals surface area contributed by atoms with E-state index in [1.165, 1.54) is 0 Å². The molecule has 22 heavy (non-hydrogen) atoms. The topological polar surface area (TPSA) is 34.1 Å². The van der Waals surface area contributed by atoms with Crippen LogP contribution in [0.4, 0.5) is 5.13 Å². The zero-order valence-electron chi connectivity index (χ0n) is 11.9. The number of fused-ring (bicyclic) bond motifs is 1. The van der Waals surface area contributed by atoms with Crippen LogP contribution in [0.3, 0.4) is 0 Å². The second kappa shape index (κ2) is 6.73. The van der Waals surface area contributed by atoms with Gasteiger partial charge < -0.3 is 10.1 Å². The van der Waals surface area contributed by atoms with Crippen molar-refractivity contribution in [1.29, 1.82) is 0 Å². The molecule has 0 bridgehead atoms. The first-order valence-corrected chi connectivity index (χ1v) is 8.44. The largest absolute Gasteiger partial charge is 0.494 e. The normalized spacial score (nSPS) is 10.9. The Balaban J connectivity index is 1.76. The van der Waals surface area contributed by atoms with E-state index in [1.54, 1.807) is 17.4 Å². The summed E-state index contributed by atoms with van der Waals surface area (Å²) >= 11 is 13.7.